The van der Waals surface area contributed by atoms with Crippen molar-refractivity contribution in [3.8, 4) is 0 Å². The van der Waals surface area contributed by atoms with Gasteiger partial charge >= 0.3 is 0 Å². The average Bonchev–Trinajstić information content (AvgIpc) is 3.15. The lowest BCUT2D eigenvalue weighted by molar-refractivity contribution is -0.122. The molecule has 0 spiro atoms. The van der Waals surface area contributed by atoms with Gasteiger partial charge in [-0.1, -0.05) is 29.3 Å². The van der Waals surface area contributed by atoms with E-state index in [-0.39, 0.29) is 23.8 Å². The molecule has 0 atom stereocenters. The van der Waals surface area contributed by atoms with Crippen molar-refractivity contribution in [2.24, 2.45) is 0 Å². The van der Waals surface area contributed by atoms with E-state index < -0.39 is 17.1 Å². The number of rotatable bonds is 5. The summed E-state index contributed by atoms with van der Waals surface area (Å²) >= 11 is 12.8. The third-order valence-electron chi connectivity index (χ3n) is 3.81. The van der Waals surface area contributed by atoms with Crippen LogP contribution in [-0.4, -0.2) is 35.0 Å². The molecular formula is C18H14Cl2N2O4S. The van der Waals surface area contributed by atoms with Crippen LogP contribution in [0, 0.1) is 6.92 Å². The largest absolute Gasteiger partial charge is 0.459 e. The minimum absolute atomic E-state index is 0.0574. The maximum absolute atomic E-state index is 12.5. The fourth-order valence-corrected chi connectivity index (χ4v) is 3.74. The molecule has 27 heavy (non-hydrogen) atoms. The number of halogens is 2. The zero-order valence-electron chi connectivity index (χ0n) is 14.1. The Morgan fingerprint density at radius 2 is 2.07 bits per heavy atom. The molecule has 0 radical (unpaired) electrons. The zero-order chi connectivity index (χ0) is 19.6. The minimum Gasteiger partial charge on any atom is -0.459 e. The third kappa shape index (κ3) is 4.37. The quantitative estimate of drug-likeness (QED) is 0.721. The lowest BCUT2D eigenvalue weighted by atomic mass is 10.2. The van der Waals surface area contributed by atoms with E-state index in [0.29, 0.717) is 21.2 Å². The van der Waals surface area contributed by atoms with Gasteiger partial charge in [0, 0.05) is 28.7 Å². The fraction of sp³-hybridized carbons (Fsp3) is 0.167. The zero-order valence-corrected chi connectivity index (χ0v) is 16.5. The van der Waals surface area contributed by atoms with Gasteiger partial charge in [0.15, 0.2) is 5.76 Å². The average molecular weight is 425 g/mol. The molecule has 140 valence electrons. The van der Waals surface area contributed by atoms with Crippen LogP contribution in [0.2, 0.25) is 10.0 Å². The monoisotopic (exact) mass is 424 g/mol. The number of carbonyl (C=O) groups is 3. The standard InChI is InChI=1S/C18H14Cl2N2O4S/c1-10-4-7-26-15(10)16(23)21-5-6-22-17(24)14(27-18(22)25)8-11-2-3-12(19)9-13(11)20/h2-4,7-9H,5-6H2,1H3,(H,21,23)/b14-8-. The molecular weight excluding hydrogens is 411 g/mol. The van der Waals surface area contributed by atoms with Gasteiger partial charge < -0.3 is 9.73 Å². The van der Waals surface area contributed by atoms with Gasteiger partial charge in [-0.25, -0.2) is 0 Å². The predicted molar refractivity (Wildman–Crippen MR) is 105 cm³/mol. The van der Waals surface area contributed by atoms with Gasteiger partial charge in [0.2, 0.25) is 0 Å². The third-order valence-corrected chi connectivity index (χ3v) is 5.28. The molecule has 1 aliphatic heterocycles. The summed E-state index contributed by atoms with van der Waals surface area (Å²) in [7, 11) is 0. The van der Waals surface area contributed by atoms with E-state index in [2.05, 4.69) is 5.32 Å². The molecule has 2 heterocycles. The van der Waals surface area contributed by atoms with Crippen molar-refractivity contribution in [2.45, 2.75) is 6.92 Å². The number of carbonyl (C=O) groups excluding carboxylic acids is 3. The van der Waals surface area contributed by atoms with Crippen molar-refractivity contribution in [3.05, 3.63) is 62.4 Å². The van der Waals surface area contributed by atoms with Crippen LogP contribution >= 0.6 is 35.0 Å². The van der Waals surface area contributed by atoms with E-state index in [0.717, 1.165) is 16.7 Å². The SMILES string of the molecule is Cc1ccoc1C(=O)NCCN1C(=O)S/C(=C\c2ccc(Cl)cc2Cl)C1=O. The van der Waals surface area contributed by atoms with Crippen LogP contribution in [0.3, 0.4) is 0 Å². The van der Waals surface area contributed by atoms with Crippen molar-refractivity contribution in [2.75, 3.05) is 13.1 Å². The molecule has 0 bridgehead atoms. The molecule has 1 aliphatic rings. The molecule has 3 rings (SSSR count). The van der Waals surface area contributed by atoms with Crippen molar-refractivity contribution in [1.29, 1.82) is 0 Å². The minimum atomic E-state index is -0.431. The maximum atomic E-state index is 12.5. The molecule has 9 heteroatoms. The molecule has 0 aliphatic carbocycles. The van der Waals surface area contributed by atoms with Gasteiger partial charge in [-0.2, -0.15) is 0 Å². The summed E-state index contributed by atoms with van der Waals surface area (Å²) in [6.07, 6.45) is 2.97. The lowest BCUT2D eigenvalue weighted by Gasteiger charge is -2.12. The topological polar surface area (TPSA) is 79.6 Å². The number of amides is 3. The highest BCUT2D eigenvalue weighted by molar-refractivity contribution is 8.18. The summed E-state index contributed by atoms with van der Waals surface area (Å²) in [4.78, 5) is 37.9. The number of furan rings is 1. The number of nitrogens with zero attached hydrogens (tertiary/aromatic N) is 1. The Kier molecular flexibility index (Phi) is 5.94. The maximum Gasteiger partial charge on any atom is 0.293 e. The first-order chi connectivity index (χ1) is 12.9. The van der Waals surface area contributed by atoms with Crippen molar-refractivity contribution in [1.82, 2.24) is 10.2 Å². The lowest BCUT2D eigenvalue weighted by Crippen LogP contribution is -2.37. The molecule has 0 saturated carbocycles. The Labute approximate surface area is 169 Å². The molecule has 2 aromatic rings. The van der Waals surface area contributed by atoms with E-state index in [1.165, 1.54) is 6.26 Å². The van der Waals surface area contributed by atoms with Gasteiger partial charge in [-0.05, 0) is 48.5 Å². The van der Waals surface area contributed by atoms with Crippen LogP contribution in [0.1, 0.15) is 21.7 Å². The van der Waals surface area contributed by atoms with E-state index >= 15 is 0 Å². The number of nitrogens with one attached hydrogen (secondary N) is 1. The second kappa shape index (κ2) is 8.21. The number of aryl methyl sites for hydroxylation is 1. The predicted octanol–water partition coefficient (Wildman–Crippen LogP) is 4.36. The molecule has 1 N–H and O–H groups in total. The number of hydrogen-bond acceptors (Lipinski definition) is 5. The smallest absolute Gasteiger partial charge is 0.293 e. The Morgan fingerprint density at radius 1 is 1.30 bits per heavy atom. The molecule has 1 saturated heterocycles. The van der Waals surface area contributed by atoms with Crippen molar-refractivity contribution >= 4 is 58.1 Å². The highest BCUT2D eigenvalue weighted by Gasteiger charge is 2.34. The van der Waals surface area contributed by atoms with Crippen LogP contribution in [-0.2, 0) is 4.79 Å². The first kappa shape index (κ1) is 19.5. The summed E-state index contributed by atoms with van der Waals surface area (Å²) in [5, 5.41) is 3.09. The highest BCUT2D eigenvalue weighted by atomic mass is 35.5. The fourth-order valence-electron chi connectivity index (χ4n) is 2.42. The molecule has 3 amide bonds. The number of imide groups is 1. The molecule has 1 aromatic heterocycles. The summed E-state index contributed by atoms with van der Waals surface area (Å²) in [5.41, 5.74) is 1.30. The Bertz CT molecular complexity index is 955. The van der Waals surface area contributed by atoms with Gasteiger partial charge in [0.05, 0.1) is 11.2 Å². The Morgan fingerprint density at radius 3 is 2.74 bits per heavy atom. The first-order valence-electron chi connectivity index (χ1n) is 7.89. The highest BCUT2D eigenvalue weighted by Crippen LogP contribution is 2.33. The molecule has 1 fully saturated rings. The molecule has 0 unspecified atom stereocenters. The second-order valence-corrected chi connectivity index (χ2v) is 7.52. The van der Waals surface area contributed by atoms with Crippen LogP contribution in [0.4, 0.5) is 4.79 Å². The summed E-state index contributed by atoms with van der Waals surface area (Å²) < 4.78 is 5.10. The van der Waals surface area contributed by atoms with Crippen LogP contribution in [0.15, 0.2) is 39.9 Å². The van der Waals surface area contributed by atoms with E-state index in [9.17, 15) is 14.4 Å². The number of hydrogen-bond donors (Lipinski definition) is 1. The Balaban J connectivity index is 1.63. The van der Waals surface area contributed by atoms with Gasteiger partial charge in [0.25, 0.3) is 17.1 Å². The first-order valence-corrected chi connectivity index (χ1v) is 9.47. The van der Waals surface area contributed by atoms with E-state index in [1.807, 2.05) is 0 Å². The summed E-state index contributed by atoms with van der Waals surface area (Å²) in [5.74, 6) is -0.617. The van der Waals surface area contributed by atoms with Crippen LogP contribution in [0.25, 0.3) is 6.08 Å². The van der Waals surface area contributed by atoms with Crippen molar-refractivity contribution < 1.29 is 18.8 Å². The van der Waals surface area contributed by atoms with Crippen LogP contribution in [0.5, 0.6) is 0 Å². The molecule has 1 aromatic carbocycles. The van der Waals surface area contributed by atoms with E-state index in [1.54, 1.807) is 37.3 Å². The summed E-state index contributed by atoms with van der Waals surface area (Å²) in [6.45, 7) is 1.93. The van der Waals surface area contributed by atoms with Crippen molar-refractivity contribution in [3.63, 3.8) is 0 Å². The molecule has 6 nitrogen and oxygen atoms in total. The Hall–Kier alpha value is -2.22. The normalized spacial score (nSPS) is 15.7. The van der Waals surface area contributed by atoms with Gasteiger partial charge in [-0.3, -0.25) is 19.3 Å². The summed E-state index contributed by atoms with van der Waals surface area (Å²) in [6, 6.07) is 6.56. The van der Waals surface area contributed by atoms with E-state index in [4.69, 9.17) is 27.6 Å². The van der Waals surface area contributed by atoms with Gasteiger partial charge in [-0.15, -0.1) is 0 Å². The van der Waals surface area contributed by atoms with Gasteiger partial charge in [0.1, 0.15) is 0 Å². The number of benzene rings is 1. The van der Waals surface area contributed by atoms with Crippen LogP contribution < -0.4 is 5.32 Å². The second-order valence-electron chi connectivity index (χ2n) is 5.69. The number of thioether (sulfide) groups is 1.